The number of nitrogen functional groups attached to an aromatic ring is 1. The van der Waals surface area contributed by atoms with Gasteiger partial charge in [0.05, 0.1) is 10.9 Å². The smallest absolute Gasteiger partial charge is 0.276 e. The van der Waals surface area contributed by atoms with Crippen LogP contribution in [0.4, 0.5) is 5.69 Å². The van der Waals surface area contributed by atoms with Gasteiger partial charge >= 0.3 is 0 Å². The van der Waals surface area contributed by atoms with Crippen LogP contribution in [0.3, 0.4) is 0 Å². The Kier molecular flexibility index (Phi) is 2.07. The van der Waals surface area contributed by atoms with Crippen molar-refractivity contribution in [1.29, 1.82) is 0 Å². The largest absolute Gasteiger partial charge is 0.398 e. The molecule has 15 heavy (non-hydrogen) atoms. The van der Waals surface area contributed by atoms with E-state index in [-0.39, 0.29) is 11.6 Å². The normalized spacial score (nSPS) is 11.5. The zero-order valence-corrected chi connectivity index (χ0v) is 9.19. The molecule has 2 rings (SSSR count). The van der Waals surface area contributed by atoms with Crippen molar-refractivity contribution in [2.45, 2.75) is 19.9 Å². The van der Waals surface area contributed by atoms with Crippen molar-refractivity contribution in [3.8, 4) is 0 Å². The predicted molar refractivity (Wildman–Crippen MR) is 62.0 cm³/mol. The quantitative estimate of drug-likeness (QED) is 0.717. The molecule has 0 saturated carbocycles. The third-order valence-electron chi connectivity index (χ3n) is 2.66. The third-order valence-corrected chi connectivity index (χ3v) is 2.66. The van der Waals surface area contributed by atoms with Gasteiger partial charge in [-0.2, -0.15) is 0 Å². The monoisotopic (exact) mass is 205 g/mol. The first-order valence-corrected chi connectivity index (χ1v) is 4.99. The number of nitrogens with zero attached hydrogens (tertiary/aromatic N) is 2. The molecular weight excluding hydrogens is 190 g/mol. The van der Waals surface area contributed by atoms with Crippen molar-refractivity contribution in [3.05, 3.63) is 28.6 Å². The van der Waals surface area contributed by atoms with Gasteiger partial charge in [-0.15, -0.1) is 0 Å². The average molecular weight is 205 g/mol. The minimum atomic E-state index is -0.0133. The molecule has 0 fully saturated rings. The highest BCUT2D eigenvalue weighted by molar-refractivity contribution is 5.90. The Morgan fingerprint density at radius 2 is 2.00 bits per heavy atom. The second-order valence-electron chi connectivity index (χ2n) is 4.01. The average Bonchev–Trinajstić information content (AvgIpc) is 2.40. The molecule has 0 amide bonds. The van der Waals surface area contributed by atoms with E-state index in [1.54, 1.807) is 10.7 Å². The first kappa shape index (κ1) is 9.83. The molecule has 0 unspecified atom stereocenters. The van der Waals surface area contributed by atoms with Gasteiger partial charge in [0.15, 0.2) is 0 Å². The van der Waals surface area contributed by atoms with E-state index in [0.29, 0.717) is 11.1 Å². The minimum absolute atomic E-state index is 0.0133. The summed E-state index contributed by atoms with van der Waals surface area (Å²) >= 11 is 0. The van der Waals surface area contributed by atoms with E-state index in [9.17, 15) is 4.79 Å². The number of anilines is 1. The molecule has 1 aromatic heterocycles. The number of hydrogen-bond donors (Lipinski definition) is 1. The van der Waals surface area contributed by atoms with Crippen LogP contribution in [0.25, 0.3) is 10.9 Å². The second-order valence-corrected chi connectivity index (χ2v) is 4.01. The molecule has 4 heteroatoms. The first-order valence-electron chi connectivity index (χ1n) is 4.99. The molecule has 0 aliphatic carbocycles. The Morgan fingerprint density at radius 1 is 1.33 bits per heavy atom. The van der Waals surface area contributed by atoms with Crippen LogP contribution in [-0.2, 0) is 7.05 Å². The van der Waals surface area contributed by atoms with Crippen molar-refractivity contribution in [1.82, 2.24) is 9.36 Å². The summed E-state index contributed by atoms with van der Waals surface area (Å²) in [5.74, 6) is 0. The topological polar surface area (TPSA) is 52.9 Å². The zero-order chi connectivity index (χ0) is 11.2. The summed E-state index contributed by atoms with van der Waals surface area (Å²) in [5.41, 5.74) is 7.23. The van der Waals surface area contributed by atoms with E-state index >= 15 is 0 Å². The molecule has 80 valence electrons. The number of rotatable bonds is 1. The van der Waals surface area contributed by atoms with E-state index in [1.807, 2.05) is 37.7 Å². The molecule has 1 heterocycles. The van der Waals surface area contributed by atoms with Crippen LogP contribution in [0.5, 0.6) is 0 Å². The molecule has 0 aliphatic heterocycles. The Labute approximate surface area is 87.9 Å². The summed E-state index contributed by atoms with van der Waals surface area (Å²) < 4.78 is 3.57. The number of nitrogens with two attached hydrogens (primary N) is 1. The van der Waals surface area contributed by atoms with Crippen LogP contribution >= 0.6 is 0 Å². The molecule has 4 nitrogen and oxygen atoms in total. The molecule has 0 aliphatic rings. The van der Waals surface area contributed by atoms with Crippen molar-refractivity contribution in [2.24, 2.45) is 7.05 Å². The lowest BCUT2D eigenvalue weighted by atomic mass is 10.2. The second kappa shape index (κ2) is 3.15. The minimum Gasteiger partial charge on any atom is -0.398 e. The van der Waals surface area contributed by atoms with Crippen LogP contribution in [0, 0.1) is 0 Å². The van der Waals surface area contributed by atoms with Gasteiger partial charge in [-0.05, 0) is 26.0 Å². The molecule has 0 saturated heterocycles. The lowest BCUT2D eigenvalue weighted by Crippen LogP contribution is -2.23. The maximum atomic E-state index is 12.1. The molecule has 2 N–H and O–H groups in total. The highest BCUT2D eigenvalue weighted by Crippen LogP contribution is 2.18. The SMILES string of the molecule is CC(C)n1c(=O)c2c(N)cccc2n1C. The fraction of sp³-hybridized carbons (Fsp3) is 0.364. The van der Waals surface area contributed by atoms with E-state index in [0.717, 1.165) is 5.52 Å². The summed E-state index contributed by atoms with van der Waals surface area (Å²) in [5, 5.41) is 0.619. The van der Waals surface area contributed by atoms with Gasteiger partial charge < -0.3 is 5.73 Å². The molecule has 1 aromatic carbocycles. The zero-order valence-electron chi connectivity index (χ0n) is 9.19. The molecule has 0 atom stereocenters. The van der Waals surface area contributed by atoms with E-state index in [1.165, 1.54) is 0 Å². The van der Waals surface area contributed by atoms with Gasteiger partial charge in [-0.25, -0.2) is 4.68 Å². The fourth-order valence-corrected chi connectivity index (χ4v) is 2.01. The van der Waals surface area contributed by atoms with Gasteiger partial charge in [0.2, 0.25) is 0 Å². The summed E-state index contributed by atoms with van der Waals surface area (Å²) in [4.78, 5) is 12.1. The molecule has 0 spiro atoms. The number of aromatic nitrogens is 2. The Balaban J connectivity index is 2.99. The van der Waals surface area contributed by atoms with E-state index < -0.39 is 0 Å². The van der Waals surface area contributed by atoms with Gasteiger partial charge in [0, 0.05) is 18.8 Å². The summed E-state index contributed by atoms with van der Waals surface area (Å²) in [6, 6.07) is 5.66. The first-order chi connectivity index (χ1) is 7.04. The van der Waals surface area contributed by atoms with Crippen LogP contribution in [-0.4, -0.2) is 9.36 Å². The predicted octanol–water partition coefficient (Wildman–Crippen LogP) is 1.50. The number of aryl methyl sites for hydroxylation is 1. The fourth-order valence-electron chi connectivity index (χ4n) is 2.01. The van der Waals surface area contributed by atoms with Crippen molar-refractivity contribution < 1.29 is 0 Å². The van der Waals surface area contributed by atoms with Gasteiger partial charge in [-0.3, -0.25) is 9.48 Å². The maximum absolute atomic E-state index is 12.1. The lowest BCUT2D eigenvalue weighted by molar-refractivity contribution is 0.447. The number of hydrogen-bond acceptors (Lipinski definition) is 2. The summed E-state index contributed by atoms with van der Waals surface area (Å²) in [6.45, 7) is 3.97. The number of benzene rings is 1. The third kappa shape index (κ3) is 1.25. The molecule has 0 radical (unpaired) electrons. The molecule has 2 aromatic rings. The molecular formula is C11H15N3O. The van der Waals surface area contributed by atoms with Crippen LogP contribution in [0.15, 0.2) is 23.0 Å². The van der Waals surface area contributed by atoms with Gasteiger partial charge in [0.1, 0.15) is 0 Å². The van der Waals surface area contributed by atoms with Crippen LogP contribution < -0.4 is 11.3 Å². The molecule has 0 bridgehead atoms. The van der Waals surface area contributed by atoms with Gasteiger partial charge in [0.25, 0.3) is 5.56 Å². The summed E-state index contributed by atoms with van der Waals surface area (Å²) in [6.07, 6.45) is 0. The lowest BCUT2D eigenvalue weighted by Gasteiger charge is -2.10. The number of fused-ring (bicyclic) bond motifs is 1. The van der Waals surface area contributed by atoms with Crippen LogP contribution in [0.2, 0.25) is 0 Å². The van der Waals surface area contributed by atoms with Gasteiger partial charge in [-0.1, -0.05) is 6.07 Å². The van der Waals surface area contributed by atoms with Crippen molar-refractivity contribution in [3.63, 3.8) is 0 Å². The highest BCUT2D eigenvalue weighted by Gasteiger charge is 2.14. The Hall–Kier alpha value is -1.71. The van der Waals surface area contributed by atoms with E-state index in [4.69, 9.17) is 5.73 Å². The standard InChI is InChI=1S/C11H15N3O/c1-7(2)14-11(15)10-8(12)5-4-6-9(10)13(14)3/h4-7H,12H2,1-3H3. The maximum Gasteiger partial charge on any atom is 0.276 e. The van der Waals surface area contributed by atoms with Crippen molar-refractivity contribution >= 4 is 16.6 Å². The summed E-state index contributed by atoms with van der Waals surface area (Å²) in [7, 11) is 1.88. The van der Waals surface area contributed by atoms with E-state index in [2.05, 4.69) is 0 Å². The van der Waals surface area contributed by atoms with Crippen LogP contribution in [0.1, 0.15) is 19.9 Å². The Bertz CT molecular complexity index is 563. The van der Waals surface area contributed by atoms with Crippen molar-refractivity contribution in [2.75, 3.05) is 5.73 Å². The Morgan fingerprint density at radius 3 is 2.53 bits per heavy atom. The highest BCUT2D eigenvalue weighted by atomic mass is 16.1.